The van der Waals surface area contributed by atoms with Crippen LogP contribution in [0.4, 0.5) is 0 Å². The predicted octanol–water partition coefficient (Wildman–Crippen LogP) is 4.14. The van der Waals surface area contributed by atoms with Crippen LogP contribution in [0.1, 0.15) is 72.6 Å². The van der Waals surface area contributed by atoms with Gasteiger partial charge in [-0.05, 0) is 56.9 Å². The molecule has 2 aliphatic rings. The van der Waals surface area contributed by atoms with Gasteiger partial charge in [-0.1, -0.05) is 33.6 Å². The molecule has 2 atom stereocenters. The minimum absolute atomic E-state index is 0.265. The summed E-state index contributed by atoms with van der Waals surface area (Å²) in [4.78, 5) is 0. The first-order valence-electron chi connectivity index (χ1n) is 8.35. The molecule has 0 aromatic heterocycles. The van der Waals surface area contributed by atoms with Crippen molar-refractivity contribution in [1.29, 1.82) is 0 Å². The SMILES string of the molecule is CCNC(C)CC(C)(C)C1CCOC2(CCCC2)C1. The smallest absolute Gasteiger partial charge is 0.0685 e. The lowest BCUT2D eigenvalue weighted by Crippen LogP contribution is -2.44. The van der Waals surface area contributed by atoms with Crippen LogP contribution >= 0.6 is 0 Å². The Morgan fingerprint density at radius 3 is 2.63 bits per heavy atom. The van der Waals surface area contributed by atoms with Gasteiger partial charge in [0.15, 0.2) is 0 Å². The average Bonchev–Trinajstić information content (AvgIpc) is 2.77. The van der Waals surface area contributed by atoms with E-state index >= 15 is 0 Å². The fourth-order valence-corrected chi connectivity index (χ4v) is 4.44. The summed E-state index contributed by atoms with van der Waals surface area (Å²) in [6, 6.07) is 0.627. The van der Waals surface area contributed by atoms with Crippen LogP contribution in [0.5, 0.6) is 0 Å². The second-order valence-corrected chi connectivity index (χ2v) is 7.58. The minimum Gasteiger partial charge on any atom is -0.375 e. The molecule has 1 saturated carbocycles. The first-order chi connectivity index (χ1) is 8.97. The van der Waals surface area contributed by atoms with Gasteiger partial charge in [0.05, 0.1) is 5.60 Å². The summed E-state index contributed by atoms with van der Waals surface area (Å²) < 4.78 is 6.19. The van der Waals surface area contributed by atoms with Crippen molar-refractivity contribution in [3.63, 3.8) is 0 Å². The van der Waals surface area contributed by atoms with Gasteiger partial charge in [0.25, 0.3) is 0 Å². The first kappa shape index (κ1) is 15.3. The Balaban J connectivity index is 1.95. The molecule has 2 heteroatoms. The molecule has 1 saturated heterocycles. The van der Waals surface area contributed by atoms with Crippen molar-refractivity contribution in [2.45, 2.75) is 84.3 Å². The van der Waals surface area contributed by atoms with E-state index in [9.17, 15) is 0 Å². The lowest BCUT2D eigenvalue weighted by molar-refractivity contribution is -0.113. The number of hydrogen-bond donors (Lipinski definition) is 1. The van der Waals surface area contributed by atoms with Gasteiger partial charge in [0, 0.05) is 12.6 Å². The normalized spacial score (nSPS) is 28.7. The van der Waals surface area contributed by atoms with Crippen LogP contribution in [-0.4, -0.2) is 24.8 Å². The van der Waals surface area contributed by atoms with E-state index in [1.54, 1.807) is 0 Å². The molecule has 1 spiro atoms. The van der Waals surface area contributed by atoms with Crippen LogP contribution in [0.3, 0.4) is 0 Å². The van der Waals surface area contributed by atoms with Crippen LogP contribution in [0.2, 0.25) is 0 Å². The van der Waals surface area contributed by atoms with Crippen molar-refractivity contribution < 1.29 is 4.74 Å². The highest BCUT2D eigenvalue weighted by atomic mass is 16.5. The van der Waals surface area contributed by atoms with Crippen LogP contribution in [0, 0.1) is 11.3 Å². The average molecular weight is 267 g/mol. The second kappa shape index (κ2) is 6.13. The van der Waals surface area contributed by atoms with Crippen molar-refractivity contribution in [3.8, 4) is 0 Å². The van der Waals surface area contributed by atoms with E-state index in [0.717, 1.165) is 19.1 Å². The van der Waals surface area contributed by atoms with Gasteiger partial charge >= 0.3 is 0 Å². The van der Waals surface area contributed by atoms with E-state index in [1.807, 2.05) is 0 Å². The Morgan fingerprint density at radius 1 is 1.32 bits per heavy atom. The summed E-state index contributed by atoms with van der Waals surface area (Å²) in [5.41, 5.74) is 0.697. The highest BCUT2D eigenvalue weighted by Gasteiger charge is 2.44. The molecule has 0 aromatic rings. The number of nitrogens with one attached hydrogen (secondary N) is 1. The fraction of sp³-hybridized carbons (Fsp3) is 1.00. The van der Waals surface area contributed by atoms with Gasteiger partial charge in [-0.2, -0.15) is 0 Å². The molecule has 2 unspecified atom stereocenters. The number of rotatable bonds is 5. The van der Waals surface area contributed by atoms with E-state index in [2.05, 4.69) is 33.0 Å². The van der Waals surface area contributed by atoms with E-state index in [0.29, 0.717) is 11.5 Å². The molecule has 1 N–H and O–H groups in total. The van der Waals surface area contributed by atoms with E-state index in [4.69, 9.17) is 4.74 Å². The molecule has 1 aliphatic carbocycles. The Hall–Kier alpha value is -0.0800. The molecule has 1 aliphatic heterocycles. The van der Waals surface area contributed by atoms with Crippen LogP contribution in [0.25, 0.3) is 0 Å². The number of hydrogen-bond acceptors (Lipinski definition) is 2. The molecule has 112 valence electrons. The van der Waals surface area contributed by atoms with Gasteiger partial charge in [-0.3, -0.25) is 0 Å². The van der Waals surface area contributed by atoms with Gasteiger partial charge in [0.1, 0.15) is 0 Å². The van der Waals surface area contributed by atoms with Crippen molar-refractivity contribution in [3.05, 3.63) is 0 Å². The lowest BCUT2D eigenvalue weighted by atomic mass is 9.67. The monoisotopic (exact) mass is 267 g/mol. The standard InChI is InChI=1S/C17H33NO/c1-5-18-14(2)12-16(3,4)15-8-11-19-17(13-15)9-6-7-10-17/h14-15,18H,5-13H2,1-4H3. The summed E-state index contributed by atoms with van der Waals surface area (Å²) >= 11 is 0. The third kappa shape index (κ3) is 3.72. The highest BCUT2D eigenvalue weighted by molar-refractivity contribution is 4.95. The maximum atomic E-state index is 6.19. The van der Waals surface area contributed by atoms with Gasteiger partial charge in [-0.25, -0.2) is 0 Å². The zero-order valence-corrected chi connectivity index (χ0v) is 13.4. The highest BCUT2D eigenvalue weighted by Crippen LogP contribution is 2.48. The van der Waals surface area contributed by atoms with Crippen molar-refractivity contribution >= 4 is 0 Å². The summed E-state index contributed by atoms with van der Waals surface area (Å²) in [5, 5.41) is 3.57. The molecule has 2 fully saturated rings. The fourth-order valence-electron chi connectivity index (χ4n) is 4.44. The molecular formula is C17H33NO. The quantitative estimate of drug-likeness (QED) is 0.808. The molecule has 0 radical (unpaired) electrons. The summed E-state index contributed by atoms with van der Waals surface area (Å²) in [5.74, 6) is 0.834. The Morgan fingerprint density at radius 2 is 2.00 bits per heavy atom. The zero-order valence-electron chi connectivity index (χ0n) is 13.4. The van der Waals surface area contributed by atoms with E-state index < -0.39 is 0 Å². The van der Waals surface area contributed by atoms with E-state index in [1.165, 1.54) is 44.9 Å². The van der Waals surface area contributed by atoms with Crippen molar-refractivity contribution in [1.82, 2.24) is 5.32 Å². The van der Waals surface area contributed by atoms with Crippen LogP contribution < -0.4 is 5.32 Å². The predicted molar refractivity (Wildman–Crippen MR) is 81.4 cm³/mol. The maximum absolute atomic E-state index is 6.19. The molecule has 2 nitrogen and oxygen atoms in total. The molecular weight excluding hydrogens is 234 g/mol. The minimum atomic E-state index is 0.265. The maximum Gasteiger partial charge on any atom is 0.0685 e. The first-order valence-corrected chi connectivity index (χ1v) is 8.35. The van der Waals surface area contributed by atoms with E-state index in [-0.39, 0.29) is 5.60 Å². The molecule has 0 aromatic carbocycles. The largest absolute Gasteiger partial charge is 0.375 e. The van der Waals surface area contributed by atoms with Gasteiger partial charge in [-0.15, -0.1) is 0 Å². The molecule has 19 heavy (non-hydrogen) atoms. The second-order valence-electron chi connectivity index (χ2n) is 7.58. The topological polar surface area (TPSA) is 21.3 Å². The Bertz CT molecular complexity index is 281. The van der Waals surface area contributed by atoms with Crippen molar-refractivity contribution in [2.75, 3.05) is 13.2 Å². The third-order valence-electron chi connectivity index (χ3n) is 5.50. The lowest BCUT2D eigenvalue weighted by Gasteiger charge is -2.46. The zero-order chi connectivity index (χ0) is 13.9. The summed E-state index contributed by atoms with van der Waals surface area (Å²) in [6.07, 6.45) is 9.21. The molecule has 2 rings (SSSR count). The van der Waals surface area contributed by atoms with Crippen molar-refractivity contribution in [2.24, 2.45) is 11.3 Å². The Kier molecular flexibility index (Phi) is 4.94. The summed E-state index contributed by atoms with van der Waals surface area (Å²) in [7, 11) is 0. The molecule has 0 bridgehead atoms. The summed E-state index contributed by atoms with van der Waals surface area (Å²) in [6.45, 7) is 11.5. The van der Waals surface area contributed by atoms with Gasteiger partial charge < -0.3 is 10.1 Å². The Labute approximate surface area is 119 Å². The van der Waals surface area contributed by atoms with Crippen LogP contribution in [0.15, 0.2) is 0 Å². The molecule has 0 amide bonds. The van der Waals surface area contributed by atoms with Crippen LogP contribution in [-0.2, 0) is 4.74 Å². The van der Waals surface area contributed by atoms with Gasteiger partial charge in [0.2, 0.25) is 0 Å². The third-order valence-corrected chi connectivity index (χ3v) is 5.50. The molecule has 1 heterocycles. The number of ether oxygens (including phenoxy) is 1.